The van der Waals surface area contributed by atoms with Gasteiger partial charge in [-0.05, 0) is 109 Å². The van der Waals surface area contributed by atoms with Crippen LogP contribution in [0.15, 0.2) is 11.6 Å². The van der Waals surface area contributed by atoms with Crippen molar-refractivity contribution in [2.45, 2.75) is 112 Å². The molecule has 0 aromatic heterocycles. The molecule has 182 valence electrons. The third-order valence-electron chi connectivity index (χ3n) is 13.5. The molecule has 0 radical (unpaired) electrons. The van der Waals surface area contributed by atoms with Gasteiger partial charge in [-0.1, -0.05) is 60.1 Å². The van der Waals surface area contributed by atoms with Crippen molar-refractivity contribution in [3.05, 3.63) is 11.6 Å². The fourth-order valence-corrected chi connectivity index (χ4v) is 10.9. The van der Waals surface area contributed by atoms with Crippen LogP contribution in [0.5, 0.6) is 0 Å². The lowest BCUT2D eigenvalue weighted by Gasteiger charge is -2.71. The molecule has 0 aliphatic heterocycles. The fourth-order valence-electron chi connectivity index (χ4n) is 10.9. The molecule has 0 spiro atoms. The molecule has 0 unspecified atom stereocenters. The topological polar surface area (TPSA) is 40.5 Å². The highest BCUT2D eigenvalue weighted by atomic mass is 16.3. The SMILES string of the molecule is C[C@@H]1[C@@H](C)CC[C@]2(CO)CC[C@]3(C)C(=CC[C@@H]4[C@@]5(C)CC[C@H](O)C(C)(C)[C@H]5CC[C@@]43C)[C@@H]12. The van der Waals surface area contributed by atoms with Gasteiger partial charge in [-0.3, -0.25) is 0 Å². The van der Waals surface area contributed by atoms with E-state index < -0.39 is 0 Å². The van der Waals surface area contributed by atoms with Gasteiger partial charge in [-0.25, -0.2) is 0 Å². The molecule has 32 heavy (non-hydrogen) atoms. The van der Waals surface area contributed by atoms with Crippen molar-refractivity contribution in [2.75, 3.05) is 6.61 Å². The molecular weight excluding hydrogens is 392 g/mol. The van der Waals surface area contributed by atoms with Crippen LogP contribution in [0.2, 0.25) is 0 Å². The van der Waals surface area contributed by atoms with E-state index in [1.807, 2.05) is 0 Å². The van der Waals surface area contributed by atoms with Crippen molar-refractivity contribution >= 4 is 0 Å². The minimum Gasteiger partial charge on any atom is -0.396 e. The van der Waals surface area contributed by atoms with E-state index in [2.05, 4.69) is 54.5 Å². The molecule has 5 aliphatic rings. The Labute approximate surface area is 197 Å². The number of aliphatic hydroxyl groups is 2. The molecule has 5 aliphatic carbocycles. The number of hydrogen-bond donors (Lipinski definition) is 2. The maximum absolute atomic E-state index is 10.9. The van der Waals surface area contributed by atoms with Gasteiger partial charge in [0.25, 0.3) is 0 Å². The lowest BCUT2D eigenvalue weighted by atomic mass is 9.33. The molecule has 2 heteroatoms. The normalized spacial score (nSPS) is 56.8. The lowest BCUT2D eigenvalue weighted by molar-refractivity contribution is -0.205. The molecule has 0 heterocycles. The second-order valence-electron chi connectivity index (χ2n) is 14.5. The zero-order valence-corrected chi connectivity index (χ0v) is 22.0. The van der Waals surface area contributed by atoms with E-state index in [4.69, 9.17) is 0 Å². The summed E-state index contributed by atoms with van der Waals surface area (Å²) < 4.78 is 0. The Bertz CT molecular complexity index is 799. The van der Waals surface area contributed by atoms with Crippen molar-refractivity contribution in [3.63, 3.8) is 0 Å². The number of hydrogen-bond acceptors (Lipinski definition) is 2. The Morgan fingerprint density at radius 1 is 0.875 bits per heavy atom. The Morgan fingerprint density at radius 2 is 1.59 bits per heavy atom. The zero-order valence-electron chi connectivity index (χ0n) is 22.0. The van der Waals surface area contributed by atoms with E-state index in [9.17, 15) is 10.2 Å². The van der Waals surface area contributed by atoms with Crippen LogP contribution < -0.4 is 0 Å². The van der Waals surface area contributed by atoms with Gasteiger partial charge < -0.3 is 10.2 Å². The van der Waals surface area contributed by atoms with Gasteiger partial charge in [0.2, 0.25) is 0 Å². The van der Waals surface area contributed by atoms with E-state index >= 15 is 0 Å². The first-order valence-electron chi connectivity index (χ1n) is 13.9. The first kappa shape index (κ1) is 23.4. The average Bonchev–Trinajstić information content (AvgIpc) is 2.74. The number of aliphatic hydroxyl groups excluding tert-OH is 2. The van der Waals surface area contributed by atoms with Gasteiger partial charge in [0, 0.05) is 12.0 Å². The number of fused-ring (bicyclic) bond motifs is 7. The third kappa shape index (κ3) is 2.66. The average molecular weight is 443 g/mol. The number of allylic oxidation sites excluding steroid dienone is 2. The predicted molar refractivity (Wildman–Crippen MR) is 132 cm³/mol. The van der Waals surface area contributed by atoms with E-state index in [1.54, 1.807) is 5.57 Å². The molecule has 0 bridgehead atoms. The first-order chi connectivity index (χ1) is 14.9. The Hall–Kier alpha value is -0.340. The molecule has 0 saturated heterocycles. The second kappa shape index (κ2) is 7.09. The van der Waals surface area contributed by atoms with Gasteiger partial charge >= 0.3 is 0 Å². The van der Waals surface area contributed by atoms with Gasteiger partial charge in [-0.15, -0.1) is 0 Å². The maximum atomic E-state index is 10.9. The van der Waals surface area contributed by atoms with E-state index in [0.29, 0.717) is 41.1 Å². The summed E-state index contributed by atoms with van der Waals surface area (Å²) in [6, 6.07) is 0. The zero-order chi connectivity index (χ0) is 23.3. The van der Waals surface area contributed by atoms with Crippen LogP contribution in [0.1, 0.15) is 106 Å². The van der Waals surface area contributed by atoms with Crippen LogP contribution in [-0.2, 0) is 0 Å². The van der Waals surface area contributed by atoms with Crippen molar-refractivity contribution in [2.24, 2.45) is 56.7 Å². The lowest BCUT2D eigenvalue weighted by Crippen LogP contribution is -2.65. The van der Waals surface area contributed by atoms with Crippen LogP contribution in [0.25, 0.3) is 0 Å². The third-order valence-corrected chi connectivity index (χ3v) is 13.5. The molecule has 4 saturated carbocycles. The fraction of sp³-hybridized carbons (Fsp3) is 0.933. The van der Waals surface area contributed by atoms with Crippen LogP contribution in [-0.4, -0.2) is 22.9 Å². The molecule has 0 aromatic carbocycles. The van der Waals surface area contributed by atoms with Crippen molar-refractivity contribution < 1.29 is 10.2 Å². The van der Waals surface area contributed by atoms with Crippen LogP contribution in [0, 0.1) is 56.7 Å². The largest absolute Gasteiger partial charge is 0.396 e. The monoisotopic (exact) mass is 442 g/mol. The highest BCUT2D eigenvalue weighted by molar-refractivity contribution is 5.34. The summed E-state index contributed by atoms with van der Waals surface area (Å²) in [4.78, 5) is 0. The van der Waals surface area contributed by atoms with Gasteiger partial charge in [0.15, 0.2) is 0 Å². The molecule has 2 N–H and O–H groups in total. The molecule has 2 nitrogen and oxygen atoms in total. The summed E-state index contributed by atoms with van der Waals surface area (Å²) in [6.07, 6.45) is 13.4. The van der Waals surface area contributed by atoms with Gasteiger partial charge in [-0.2, -0.15) is 0 Å². The molecule has 0 amide bonds. The molecule has 4 fully saturated rings. The van der Waals surface area contributed by atoms with Crippen molar-refractivity contribution in [1.82, 2.24) is 0 Å². The molecule has 5 rings (SSSR count). The van der Waals surface area contributed by atoms with Crippen molar-refractivity contribution in [1.29, 1.82) is 0 Å². The Morgan fingerprint density at radius 3 is 2.28 bits per heavy atom. The van der Waals surface area contributed by atoms with Crippen LogP contribution >= 0.6 is 0 Å². The minimum absolute atomic E-state index is 0.0190. The molecule has 10 atom stereocenters. The van der Waals surface area contributed by atoms with E-state index in [1.165, 1.54) is 51.4 Å². The summed E-state index contributed by atoms with van der Waals surface area (Å²) in [7, 11) is 0. The summed E-state index contributed by atoms with van der Waals surface area (Å²) >= 11 is 0. The quantitative estimate of drug-likeness (QED) is 0.429. The first-order valence-corrected chi connectivity index (χ1v) is 13.9. The van der Waals surface area contributed by atoms with Crippen LogP contribution in [0.4, 0.5) is 0 Å². The smallest absolute Gasteiger partial charge is 0.0594 e. The second-order valence-corrected chi connectivity index (χ2v) is 14.5. The Balaban J connectivity index is 1.59. The molecule has 0 aromatic rings. The molecular formula is C30H50O2. The van der Waals surface area contributed by atoms with E-state index in [0.717, 1.165) is 12.3 Å². The highest BCUT2D eigenvalue weighted by Gasteiger charge is 2.68. The van der Waals surface area contributed by atoms with Crippen LogP contribution in [0.3, 0.4) is 0 Å². The Kier molecular flexibility index (Phi) is 5.19. The minimum atomic E-state index is -0.153. The standard InChI is InChI=1S/C30H50O2/c1-19-10-15-30(18-31)17-16-28(6)21(25(30)20(19)2)8-9-23-27(5)13-12-24(32)26(3,4)22(27)11-14-29(23,28)7/h8,19-20,22-25,31-32H,9-18H2,1-7H3/t19-,20+,22+,23+,24-,25+,27-,28+,29-,30+/m0/s1. The highest BCUT2D eigenvalue weighted by Crippen LogP contribution is 2.75. The predicted octanol–water partition coefficient (Wildman–Crippen LogP) is 7.00. The van der Waals surface area contributed by atoms with E-state index in [-0.39, 0.29) is 22.3 Å². The summed E-state index contributed by atoms with van der Waals surface area (Å²) in [5.41, 5.74) is 2.77. The number of rotatable bonds is 1. The summed E-state index contributed by atoms with van der Waals surface area (Å²) in [5, 5.41) is 21.6. The van der Waals surface area contributed by atoms with Gasteiger partial charge in [0.05, 0.1) is 6.10 Å². The van der Waals surface area contributed by atoms with Gasteiger partial charge in [0.1, 0.15) is 0 Å². The summed E-state index contributed by atoms with van der Waals surface area (Å²) in [6.45, 7) is 17.9. The summed E-state index contributed by atoms with van der Waals surface area (Å²) in [5.74, 6) is 3.29. The van der Waals surface area contributed by atoms with Crippen molar-refractivity contribution in [3.8, 4) is 0 Å². The maximum Gasteiger partial charge on any atom is 0.0594 e.